The number of furan rings is 2. The Morgan fingerprint density at radius 1 is 0.208 bits per heavy atom. The first-order valence-electron chi connectivity index (χ1n) is 43.0. The molecule has 17 aromatic carbocycles. The molecule has 0 saturated heterocycles. The molecule has 0 bridgehead atoms. The minimum absolute atomic E-state index is 0.0406. The molecule has 4 aliphatic rings. The molecule has 2 saturated carbocycles. The van der Waals surface area contributed by atoms with Crippen LogP contribution >= 0.6 is 0 Å². The molecule has 6 aromatic heterocycles. The van der Waals surface area contributed by atoms with Crippen LogP contribution in [-0.2, 0) is 10.8 Å². The molecule has 2 spiro atoms. The second kappa shape index (κ2) is 25.0. The van der Waals surface area contributed by atoms with Crippen molar-refractivity contribution in [3.63, 3.8) is 0 Å². The molecule has 120 heavy (non-hydrogen) atoms. The lowest BCUT2D eigenvalue weighted by atomic mass is 9.64. The van der Waals surface area contributed by atoms with Gasteiger partial charge in [0.1, 0.15) is 22.3 Å². The molecule has 6 nitrogen and oxygen atoms in total. The van der Waals surface area contributed by atoms with Crippen molar-refractivity contribution >= 4 is 131 Å². The van der Waals surface area contributed by atoms with E-state index in [0.29, 0.717) is 5.92 Å². The summed E-state index contributed by atoms with van der Waals surface area (Å²) in [6.07, 6.45) is 10.2. The number of nitrogens with zero attached hydrogens (tertiary/aromatic N) is 4. The van der Waals surface area contributed by atoms with Crippen LogP contribution in [0, 0.1) is 0 Å². The van der Waals surface area contributed by atoms with Crippen molar-refractivity contribution in [3.8, 4) is 78.4 Å². The maximum Gasteiger partial charge on any atom is 0.137 e. The Balaban J connectivity index is 0.551. The third kappa shape index (κ3) is 9.44. The van der Waals surface area contributed by atoms with Gasteiger partial charge in [-0.3, -0.25) is 0 Å². The van der Waals surface area contributed by atoms with E-state index in [-0.39, 0.29) is 10.8 Å². The molecule has 0 unspecified atom stereocenters. The number of hydrogen-bond donors (Lipinski definition) is 0. The molecule has 0 radical (unpaired) electrons. The van der Waals surface area contributed by atoms with E-state index in [4.69, 9.17) is 8.83 Å². The number of hydrogen-bond acceptors (Lipinski definition) is 2. The highest BCUT2D eigenvalue weighted by Gasteiger charge is 2.48. The predicted octanol–water partition coefficient (Wildman–Crippen LogP) is 30.7. The Morgan fingerprint density at radius 2 is 0.600 bits per heavy atom. The SMILES string of the molecule is c1ccc(-c2ccc(-n3c4ccccc4c4ccc(-c5ccc6c(c5)-c5cc7c(cc5C65CCCCC5)c5ccccc5n7-c5ccc6c(c5)oc5cc(C7CCC8(CC7)c7cc(-c9ccc%10c(c9)c9ccccc9n%10-c9ccccc9)ccc7-c7cc9c(cc78)c7ccccc7n9-c7ccc8c(c7)oc7ccccc78)ccc56)cc43)cc2)cc1. The zero-order valence-electron chi connectivity index (χ0n) is 66.1. The van der Waals surface area contributed by atoms with Crippen LogP contribution < -0.4 is 0 Å². The quantitative estimate of drug-likeness (QED) is 0.152. The van der Waals surface area contributed by atoms with Gasteiger partial charge in [0.05, 0.1) is 44.1 Å². The Bertz CT molecular complexity index is 8330. The first kappa shape index (κ1) is 66.7. The summed E-state index contributed by atoms with van der Waals surface area (Å²) in [5.41, 5.74) is 37.6. The normalized spacial score (nSPS) is 16.2. The van der Waals surface area contributed by atoms with E-state index < -0.39 is 0 Å². The Labute approximate surface area is 692 Å². The predicted molar refractivity (Wildman–Crippen MR) is 498 cm³/mol. The maximum atomic E-state index is 7.23. The number of aromatic nitrogens is 4. The summed E-state index contributed by atoms with van der Waals surface area (Å²) in [6.45, 7) is 0. The number of benzene rings is 17. The lowest BCUT2D eigenvalue weighted by molar-refractivity contribution is 0.321. The van der Waals surface area contributed by atoms with Crippen molar-refractivity contribution in [3.05, 3.63) is 386 Å². The molecule has 23 aromatic rings. The van der Waals surface area contributed by atoms with Crippen molar-refractivity contribution in [2.24, 2.45) is 0 Å². The number of para-hydroxylation sites is 6. The van der Waals surface area contributed by atoms with Gasteiger partial charge < -0.3 is 27.1 Å². The van der Waals surface area contributed by atoms with Gasteiger partial charge in [0.25, 0.3) is 0 Å². The summed E-state index contributed by atoms with van der Waals surface area (Å²) in [6, 6.07) is 135. The van der Waals surface area contributed by atoms with Crippen LogP contribution in [0.5, 0.6) is 0 Å². The van der Waals surface area contributed by atoms with Crippen molar-refractivity contribution in [2.45, 2.75) is 74.5 Å². The van der Waals surface area contributed by atoms with Crippen LogP contribution in [0.2, 0.25) is 0 Å². The highest BCUT2D eigenvalue weighted by Crippen LogP contribution is 2.62. The lowest BCUT2D eigenvalue weighted by Crippen LogP contribution is -2.30. The molecule has 0 aliphatic heterocycles. The summed E-state index contributed by atoms with van der Waals surface area (Å²) >= 11 is 0. The molecule has 0 atom stereocenters. The third-order valence-corrected chi connectivity index (χ3v) is 28.9. The van der Waals surface area contributed by atoms with Gasteiger partial charge in [0, 0.05) is 110 Å². The standard InChI is InChI=1S/C114H78N4O2/c1-4-20-69(21-5-1)70-34-41-78(42-35-70)116-101-29-13-8-24-82(101)86-46-37-75(61-106(86)116)72-39-50-97-91(58-72)93-68-108-96(66-100(93)113(97)54-18-3-19-55-113)85-27-11-16-32-104(85)118(108)80-44-49-90-88-47-38-76(62-110(88)120-112(90)64-80)71-52-56-114(57-53-71)98-60-74(73-40-51-105-94(59-73)83-25-9-14-30-102(83)115(105)77-22-6-2-7-23-77)36-45-81(98)92-67-107-95(65-99(92)114)84-26-10-15-31-103(84)117(107)79-43-48-89-87-28-12-17-33-109(87)119-111(89)63-79/h1-2,4-17,20-51,58-68,71H,3,18-19,52-57H2. The fourth-order valence-electron chi connectivity index (χ4n) is 23.4. The lowest BCUT2D eigenvalue weighted by Gasteiger charge is -2.39. The summed E-state index contributed by atoms with van der Waals surface area (Å²) in [5.74, 6) is 0.349. The van der Waals surface area contributed by atoms with Crippen molar-refractivity contribution in [1.82, 2.24) is 18.3 Å². The van der Waals surface area contributed by atoms with E-state index in [1.165, 1.54) is 196 Å². The van der Waals surface area contributed by atoms with Gasteiger partial charge in [-0.05, 0) is 267 Å². The summed E-state index contributed by atoms with van der Waals surface area (Å²) in [7, 11) is 0. The first-order chi connectivity index (χ1) is 59.4. The number of rotatable bonds is 8. The van der Waals surface area contributed by atoms with E-state index in [0.717, 1.165) is 99.5 Å². The van der Waals surface area contributed by atoms with Crippen LogP contribution in [0.25, 0.3) is 209 Å². The van der Waals surface area contributed by atoms with E-state index in [9.17, 15) is 0 Å². The molecule has 0 amide bonds. The zero-order valence-corrected chi connectivity index (χ0v) is 66.1. The molecule has 4 aliphatic carbocycles. The molecular weight excluding hydrogens is 1460 g/mol. The van der Waals surface area contributed by atoms with E-state index in [1.54, 1.807) is 0 Å². The highest BCUT2D eigenvalue weighted by atomic mass is 16.3. The van der Waals surface area contributed by atoms with Gasteiger partial charge >= 0.3 is 0 Å². The summed E-state index contributed by atoms with van der Waals surface area (Å²) in [4.78, 5) is 0. The van der Waals surface area contributed by atoms with Crippen molar-refractivity contribution in [1.29, 1.82) is 0 Å². The second-order valence-electron chi connectivity index (χ2n) is 34.8. The summed E-state index contributed by atoms with van der Waals surface area (Å²) < 4.78 is 23.7. The monoisotopic (exact) mass is 1530 g/mol. The smallest absolute Gasteiger partial charge is 0.137 e. The molecular formula is C114H78N4O2. The van der Waals surface area contributed by atoms with Crippen LogP contribution in [0.3, 0.4) is 0 Å². The Morgan fingerprint density at radius 3 is 1.25 bits per heavy atom. The van der Waals surface area contributed by atoms with E-state index >= 15 is 0 Å². The largest absolute Gasteiger partial charge is 0.456 e. The maximum absolute atomic E-state index is 7.23. The molecule has 0 N–H and O–H groups in total. The molecule has 6 heteroatoms. The minimum Gasteiger partial charge on any atom is -0.456 e. The van der Waals surface area contributed by atoms with Crippen LogP contribution in [-0.4, -0.2) is 18.3 Å². The van der Waals surface area contributed by atoms with Gasteiger partial charge in [0.15, 0.2) is 0 Å². The minimum atomic E-state index is -0.219. The van der Waals surface area contributed by atoms with Crippen molar-refractivity contribution in [2.75, 3.05) is 0 Å². The van der Waals surface area contributed by atoms with Crippen LogP contribution in [0.1, 0.15) is 91.5 Å². The van der Waals surface area contributed by atoms with E-state index in [2.05, 4.69) is 376 Å². The van der Waals surface area contributed by atoms with Gasteiger partial charge in [0.2, 0.25) is 0 Å². The highest BCUT2D eigenvalue weighted by molar-refractivity contribution is 6.17. The van der Waals surface area contributed by atoms with Crippen LogP contribution in [0.15, 0.2) is 367 Å². The number of fused-ring (bicyclic) bond motifs is 28. The Kier molecular flexibility index (Phi) is 13.9. The fraction of sp³-hybridized carbons (Fsp3) is 0.105. The summed E-state index contributed by atoms with van der Waals surface area (Å²) in [5, 5.41) is 14.7. The van der Waals surface area contributed by atoms with Crippen LogP contribution in [0.4, 0.5) is 0 Å². The zero-order chi connectivity index (χ0) is 78.2. The molecule has 27 rings (SSSR count). The third-order valence-electron chi connectivity index (χ3n) is 28.9. The fourth-order valence-corrected chi connectivity index (χ4v) is 23.4. The molecule has 6 heterocycles. The molecule has 566 valence electrons. The van der Waals surface area contributed by atoms with Crippen molar-refractivity contribution < 1.29 is 8.83 Å². The topological polar surface area (TPSA) is 46.0 Å². The van der Waals surface area contributed by atoms with Gasteiger partial charge in [-0.25, -0.2) is 0 Å². The van der Waals surface area contributed by atoms with Gasteiger partial charge in [-0.15, -0.1) is 0 Å². The Hall–Kier alpha value is -14.5. The second-order valence-corrected chi connectivity index (χ2v) is 34.8. The molecule has 2 fully saturated rings. The first-order valence-corrected chi connectivity index (χ1v) is 43.0. The average Bonchev–Trinajstić information content (AvgIpc) is 1.54. The van der Waals surface area contributed by atoms with E-state index in [1.807, 2.05) is 0 Å². The average molecular weight is 1540 g/mol. The van der Waals surface area contributed by atoms with Gasteiger partial charge in [-0.1, -0.05) is 226 Å². The van der Waals surface area contributed by atoms with Gasteiger partial charge in [-0.2, -0.15) is 0 Å².